The molecule has 0 saturated heterocycles. The molecule has 24 heavy (non-hydrogen) atoms. The van der Waals surface area contributed by atoms with Crippen molar-refractivity contribution in [1.29, 1.82) is 0 Å². The summed E-state index contributed by atoms with van der Waals surface area (Å²) in [5, 5.41) is 2.73. The number of benzene rings is 1. The highest BCUT2D eigenvalue weighted by Crippen LogP contribution is 2.17. The van der Waals surface area contributed by atoms with Gasteiger partial charge in [-0.25, -0.2) is 4.79 Å². The summed E-state index contributed by atoms with van der Waals surface area (Å²) in [5.41, 5.74) is -0.109. The highest BCUT2D eigenvalue weighted by atomic mass is 79.9. The van der Waals surface area contributed by atoms with E-state index in [2.05, 4.69) is 31.2 Å². The first-order chi connectivity index (χ1) is 11.5. The zero-order valence-electron chi connectivity index (χ0n) is 13.1. The van der Waals surface area contributed by atoms with Gasteiger partial charge in [0.1, 0.15) is 12.4 Å². The Morgan fingerprint density at radius 2 is 2.08 bits per heavy atom. The molecular formula is C16H18BrN3O4. The fraction of sp³-hybridized carbons (Fsp3) is 0.312. The Kier molecular flexibility index (Phi) is 6.36. The molecule has 128 valence electrons. The minimum atomic E-state index is -0.546. The van der Waals surface area contributed by atoms with E-state index in [0.29, 0.717) is 30.2 Å². The lowest BCUT2D eigenvalue weighted by Gasteiger charge is -2.08. The summed E-state index contributed by atoms with van der Waals surface area (Å²) in [7, 11) is 0. The molecule has 1 amide bonds. The number of hydrogen-bond donors (Lipinski definition) is 3. The SMILES string of the molecule is Cc1[nH]c(=O)[nH]c(=O)c1CCC(=O)NCCOc1cccc(Br)c1. The number of amides is 1. The van der Waals surface area contributed by atoms with E-state index in [9.17, 15) is 14.4 Å². The monoisotopic (exact) mass is 395 g/mol. The van der Waals surface area contributed by atoms with E-state index < -0.39 is 11.2 Å². The van der Waals surface area contributed by atoms with Crippen LogP contribution in [0.15, 0.2) is 38.3 Å². The summed E-state index contributed by atoms with van der Waals surface area (Å²) >= 11 is 3.35. The van der Waals surface area contributed by atoms with E-state index in [4.69, 9.17) is 4.74 Å². The molecule has 0 saturated carbocycles. The van der Waals surface area contributed by atoms with Crippen LogP contribution in [0.2, 0.25) is 0 Å². The molecule has 2 rings (SSSR count). The van der Waals surface area contributed by atoms with Crippen LogP contribution in [0.5, 0.6) is 5.75 Å². The molecule has 0 aliphatic carbocycles. The van der Waals surface area contributed by atoms with Crippen molar-refractivity contribution in [2.45, 2.75) is 19.8 Å². The first-order valence-electron chi connectivity index (χ1n) is 7.43. The molecule has 0 aliphatic rings. The van der Waals surface area contributed by atoms with Gasteiger partial charge in [-0.3, -0.25) is 14.6 Å². The van der Waals surface area contributed by atoms with Gasteiger partial charge in [0.15, 0.2) is 0 Å². The van der Waals surface area contributed by atoms with E-state index in [0.717, 1.165) is 4.47 Å². The zero-order valence-corrected chi connectivity index (χ0v) is 14.7. The number of carbonyl (C=O) groups excluding carboxylic acids is 1. The second kappa shape index (κ2) is 8.49. The lowest BCUT2D eigenvalue weighted by molar-refractivity contribution is -0.121. The Hall–Kier alpha value is -2.35. The van der Waals surface area contributed by atoms with Crippen molar-refractivity contribution >= 4 is 21.8 Å². The molecule has 1 aromatic heterocycles. The van der Waals surface area contributed by atoms with Crippen LogP contribution in [0.25, 0.3) is 0 Å². The summed E-state index contributed by atoms with van der Waals surface area (Å²) in [6, 6.07) is 7.43. The normalized spacial score (nSPS) is 10.4. The third-order valence-corrected chi connectivity index (χ3v) is 3.84. The van der Waals surface area contributed by atoms with E-state index >= 15 is 0 Å². The van der Waals surface area contributed by atoms with Gasteiger partial charge in [-0.05, 0) is 31.5 Å². The lowest BCUT2D eigenvalue weighted by Crippen LogP contribution is -2.30. The predicted molar refractivity (Wildman–Crippen MR) is 93.4 cm³/mol. The smallest absolute Gasteiger partial charge is 0.325 e. The van der Waals surface area contributed by atoms with Crippen LogP contribution in [0, 0.1) is 6.92 Å². The summed E-state index contributed by atoms with van der Waals surface area (Å²) in [6.45, 7) is 2.35. The van der Waals surface area contributed by atoms with Crippen molar-refractivity contribution in [3.8, 4) is 5.75 Å². The van der Waals surface area contributed by atoms with Crippen LogP contribution in [-0.2, 0) is 11.2 Å². The first kappa shape index (κ1) is 18.0. The third kappa shape index (κ3) is 5.38. The maximum absolute atomic E-state index is 11.8. The number of nitrogens with one attached hydrogen (secondary N) is 3. The van der Waals surface area contributed by atoms with Crippen LogP contribution < -0.4 is 21.3 Å². The van der Waals surface area contributed by atoms with Gasteiger partial charge in [-0.2, -0.15) is 0 Å². The number of H-pyrrole nitrogens is 2. The fourth-order valence-electron chi connectivity index (χ4n) is 2.17. The molecule has 2 aromatic rings. The highest BCUT2D eigenvalue weighted by Gasteiger charge is 2.08. The maximum atomic E-state index is 11.8. The van der Waals surface area contributed by atoms with Crippen LogP contribution >= 0.6 is 15.9 Å². The van der Waals surface area contributed by atoms with Crippen molar-refractivity contribution in [1.82, 2.24) is 15.3 Å². The molecule has 0 aliphatic heterocycles. The van der Waals surface area contributed by atoms with Gasteiger partial charge >= 0.3 is 5.69 Å². The van der Waals surface area contributed by atoms with Gasteiger partial charge < -0.3 is 15.0 Å². The topological polar surface area (TPSA) is 104 Å². The quantitative estimate of drug-likeness (QED) is 0.613. The van der Waals surface area contributed by atoms with Crippen LogP contribution in [-0.4, -0.2) is 29.0 Å². The minimum absolute atomic E-state index is 0.160. The van der Waals surface area contributed by atoms with Crippen molar-refractivity contribution in [3.05, 3.63) is 60.8 Å². The molecule has 0 spiro atoms. The van der Waals surface area contributed by atoms with Crippen molar-refractivity contribution in [2.75, 3.05) is 13.2 Å². The second-order valence-corrected chi connectivity index (χ2v) is 6.08. The lowest BCUT2D eigenvalue weighted by atomic mass is 10.1. The van der Waals surface area contributed by atoms with Gasteiger partial charge in [0, 0.05) is 22.2 Å². The number of rotatable bonds is 7. The maximum Gasteiger partial charge on any atom is 0.325 e. The largest absolute Gasteiger partial charge is 0.492 e. The van der Waals surface area contributed by atoms with E-state index in [1.54, 1.807) is 6.92 Å². The molecule has 7 nitrogen and oxygen atoms in total. The molecule has 1 heterocycles. The number of ether oxygens (including phenoxy) is 1. The highest BCUT2D eigenvalue weighted by molar-refractivity contribution is 9.10. The second-order valence-electron chi connectivity index (χ2n) is 5.17. The Morgan fingerprint density at radius 1 is 1.29 bits per heavy atom. The molecule has 3 N–H and O–H groups in total. The van der Waals surface area contributed by atoms with E-state index in [1.807, 2.05) is 24.3 Å². The number of halogens is 1. The first-order valence-corrected chi connectivity index (χ1v) is 8.22. The molecule has 1 aromatic carbocycles. The Bertz CT molecular complexity index is 829. The van der Waals surface area contributed by atoms with E-state index in [-0.39, 0.29) is 18.7 Å². The van der Waals surface area contributed by atoms with E-state index in [1.165, 1.54) is 0 Å². The number of hydrogen-bond acceptors (Lipinski definition) is 4. The third-order valence-electron chi connectivity index (χ3n) is 3.35. The molecule has 0 fully saturated rings. The molecule has 0 atom stereocenters. The Labute approximate surface area is 146 Å². The van der Waals surface area contributed by atoms with Crippen LogP contribution in [0.3, 0.4) is 0 Å². The molecule has 0 unspecified atom stereocenters. The van der Waals surface area contributed by atoms with Gasteiger partial charge in [-0.1, -0.05) is 22.0 Å². The van der Waals surface area contributed by atoms with Gasteiger partial charge in [0.05, 0.1) is 6.54 Å². The van der Waals surface area contributed by atoms with Crippen molar-refractivity contribution in [3.63, 3.8) is 0 Å². The van der Waals surface area contributed by atoms with Crippen molar-refractivity contribution < 1.29 is 9.53 Å². The number of aryl methyl sites for hydroxylation is 1. The summed E-state index contributed by atoms with van der Waals surface area (Å²) in [4.78, 5) is 39.3. The number of carbonyl (C=O) groups is 1. The van der Waals surface area contributed by atoms with Crippen LogP contribution in [0.4, 0.5) is 0 Å². The Morgan fingerprint density at radius 3 is 2.79 bits per heavy atom. The fourth-order valence-corrected chi connectivity index (χ4v) is 2.55. The number of aromatic nitrogens is 2. The van der Waals surface area contributed by atoms with Gasteiger partial charge in [-0.15, -0.1) is 0 Å². The van der Waals surface area contributed by atoms with Crippen LogP contribution in [0.1, 0.15) is 17.7 Å². The van der Waals surface area contributed by atoms with Gasteiger partial charge in [0.2, 0.25) is 5.91 Å². The molecule has 0 bridgehead atoms. The average molecular weight is 396 g/mol. The summed E-state index contributed by atoms with van der Waals surface area (Å²) in [6.07, 6.45) is 0.420. The summed E-state index contributed by atoms with van der Waals surface area (Å²) in [5.74, 6) is 0.534. The summed E-state index contributed by atoms with van der Waals surface area (Å²) < 4.78 is 6.43. The predicted octanol–water partition coefficient (Wildman–Crippen LogP) is 1.26. The molecule has 0 radical (unpaired) electrons. The number of aromatic amines is 2. The molecular weight excluding hydrogens is 378 g/mol. The Balaban J connectivity index is 1.74. The zero-order chi connectivity index (χ0) is 17.5. The minimum Gasteiger partial charge on any atom is -0.492 e. The average Bonchev–Trinajstić information content (AvgIpc) is 2.50. The molecule has 8 heteroatoms. The van der Waals surface area contributed by atoms with Gasteiger partial charge in [0.25, 0.3) is 5.56 Å². The van der Waals surface area contributed by atoms with Crippen molar-refractivity contribution in [2.24, 2.45) is 0 Å². The standard InChI is InChI=1S/C16H18BrN3O4/c1-10-13(15(22)20-16(23)19-10)5-6-14(21)18-7-8-24-12-4-2-3-11(17)9-12/h2-4,9H,5-8H2,1H3,(H,18,21)(H2,19,20,22,23).